The van der Waals surface area contributed by atoms with Gasteiger partial charge in [0.05, 0.1) is 0 Å². The summed E-state index contributed by atoms with van der Waals surface area (Å²) in [6.07, 6.45) is 0. The molecule has 0 aliphatic carbocycles. The summed E-state index contributed by atoms with van der Waals surface area (Å²) in [6, 6.07) is 5.24. The lowest BCUT2D eigenvalue weighted by Crippen LogP contribution is -2.00. The highest BCUT2D eigenvalue weighted by atomic mass is 35.5. The lowest BCUT2D eigenvalue weighted by atomic mass is 10.1. The quantitative estimate of drug-likeness (QED) is 0.788. The van der Waals surface area contributed by atoms with E-state index in [-0.39, 0.29) is 6.61 Å². The van der Waals surface area contributed by atoms with E-state index in [0.717, 1.165) is 11.1 Å². The molecule has 0 fully saturated rings. The van der Waals surface area contributed by atoms with E-state index in [1.54, 1.807) is 13.2 Å². The molecule has 0 bridgehead atoms. The van der Waals surface area contributed by atoms with Gasteiger partial charge in [0.1, 0.15) is 17.5 Å². The predicted octanol–water partition coefficient (Wildman–Crippen LogP) is 4.34. The highest BCUT2D eigenvalue weighted by Crippen LogP contribution is 2.31. The van der Waals surface area contributed by atoms with Crippen molar-refractivity contribution in [1.82, 2.24) is 9.97 Å². The van der Waals surface area contributed by atoms with Crippen molar-refractivity contribution in [1.29, 1.82) is 0 Å². The number of halogens is 2. The number of benzene rings is 1. The fourth-order valence-electron chi connectivity index (χ4n) is 1.85. The molecule has 0 radical (unpaired) electrons. The molecule has 0 spiro atoms. The molecule has 1 heterocycles. The van der Waals surface area contributed by atoms with Crippen molar-refractivity contribution in [3.05, 3.63) is 45.3 Å². The summed E-state index contributed by atoms with van der Waals surface area (Å²) in [4.78, 5) is 8.30. The molecule has 2 aromatic rings. The van der Waals surface area contributed by atoms with Gasteiger partial charge in [0.15, 0.2) is 5.82 Å². The highest BCUT2D eigenvalue weighted by molar-refractivity contribution is 6.30. The molecule has 0 N–H and O–H groups in total. The average molecular weight is 313 g/mol. The predicted molar refractivity (Wildman–Crippen MR) is 78.8 cm³/mol. The van der Waals surface area contributed by atoms with Gasteiger partial charge in [-0.3, -0.25) is 0 Å². The van der Waals surface area contributed by atoms with Crippen molar-refractivity contribution in [3.8, 4) is 11.6 Å². The van der Waals surface area contributed by atoms with Crippen LogP contribution in [-0.4, -0.2) is 17.1 Å². The van der Waals surface area contributed by atoms with Crippen molar-refractivity contribution < 1.29 is 9.47 Å². The molecule has 1 aromatic carbocycles. The summed E-state index contributed by atoms with van der Waals surface area (Å²) in [5.41, 5.74) is 1.86. The molecule has 0 aliphatic rings. The maximum absolute atomic E-state index is 6.00. The van der Waals surface area contributed by atoms with Crippen LogP contribution in [0.1, 0.15) is 17.0 Å². The van der Waals surface area contributed by atoms with E-state index < -0.39 is 0 Å². The minimum Gasteiger partial charge on any atom is -0.438 e. The Hall–Kier alpha value is -1.36. The van der Waals surface area contributed by atoms with Gasteiger partial charge in [-0.25, -0.2) is 4.98 Å². The summed E-state index contributed by atoms with van der Waals surface area (Å²) in [7, 11) is 1.57. The standard InChI is InChI=1S/C14H14Cl2N2O2/c1-8-4-10(15)5-9(2)14(8)20-13-6-11(16)17-12(18-13)7-19-3/h4-6H,7H2,1-3H3. The Balaban J connectivity index is 2.35. The second kappa shape index (κ2) is 6.39. The number of methoxy groups -OCH3 is 1. The largest absolute Gasteiger partial charge is 0.438 e. The van der Waals surface area contributed by atoms with Gasteiger partial charge in [0, 0.05) is 18.2 Å². The van der Waals surface area contributed by atoms with Crippen LogP contribution in [0.2, 0.25) is 10.2 Å². The van der Waals surface area contributed by atoms with Crippen molar-refractivity contribution in [2.24, 2.45) is 0 Å². The second-order valence-corrected chi connectivity index (χ2v) is 5.17. The van der Waals surface area contributed by atoms with Crippen LogP contribution in [0, 0.1) is 13.8 Å². The number of aryl methyl sites for hydroxylation is 2. The maximum atomic E-state index is 6.00. The normalized spacial score (nSPS) is 10.7. The van der Waals surface area contributed by atoms with Gasteiger partial charge in [-0.2, -0.15) is 4.98 Å². The minimum atomic E-state index is 0.273. The third kappa shape index (κ3) is 3.60. The van der Waals surface area contributed by atoms with Gasteiger partial charge in [0.25, 0.3) is 0 Å². The van der Waals surface area contributed by atoms with Crippen LogP contribution in [0.15, 0.2) is 18.2 Å². The van der Waals surface area contributed by atoms with Crippen molar-refractivity contribution in [2.75, 3.05) is 7.11 Å². The molecule has 0 aliphatic heterocycles. The molecule has 0 atom stereocenters. The van der Waals surface area contributed by atoms with E-state index >= 15 is 0 Å². The zero-order valence-electron chi connectivity index (χ0n) is 11.4. The Kier molecular flexibility index (Phi) is 4.81. The maximum Gasteiger partial charge on any atom is 0.224 e. The van der Waals surface area contributed by atoms with Crippen molar-refractivity contribution in [3.63, 3.8) is 0 Å². The molecule has 2 rings (SSSR count). The van der Waals surface area contributed by atoms with Crippen LogP contribution in [-0.2, 0) is 11.3 Å². The van der Waals surface area contributed by atoms with Crippen molar-refractivity contribution >= 4 is 23.2 Å². The highest BCUT2D eigenvalue weighted by Gasteiger charge is 2.10. The second-order valence-electron chi connectivity index (χ2n) is 4.35. The zero-order chi connectivity index (χ0) is 14.7. The molecule has 4 nitrogen and oxygen atoms in total. The molecular weight excluding hydrogens is 299 g/mol. The molecular formula is C14H14Cl2N2O2. The van der Waals surface area contributed by atoms with E-state index in [9.17, 15) is 0 Å². The molecule has 6 heteroatoms. The summed E-state index contributed by atoms with van der Waals surface area (Å²) in [5.74, 6) is 1.57. The molecule has 1 aromatic heterocycles. The Morgan fingerprint density at radius 2 is 1.70 bits per heavy atom. The van der Waals surface area contributed by atoms with Gasteiger partial charge < -0.3 is 9.47 Å². The first-order chi connectivity index (χ1) is 9.49. The first kappa shape index (κ1) is 15.0. The van der Waals surface area contributed by atoms with E-state index in [0.29, 0.717) is 27.6 Å². The van der Waals surface area contributed by atoms with Crippen LogP contribution in [0.4, 0.5) is 0 Å². The summed E-state index contributed by atoms with van der Waals surface area (Å²) < 4.78 is 10.8. The van der Waals surface area contributed by atoms with Crippen LogP contribution in [0.25, 0.3) is 0 Å². The van der Waals surface area contributed by atoms with Crippen LogP contribution < -0.4 is 4.74 Å². The third-order valence-electron chi connectivity index (χ3n) is 2.62. The monoisotopic (exact) mass is 312 g/mol. The molecule has 0 saturated carbocycles. The SMILES string of the molecule is COCc1nc(Cl)cc(Oc2c(C)cc(Cl)cc2C)n1. The van der Waals surface area contributed by atoms with Crippen LogP contribution in [0.5, 0.6) is 11.6 Å². The van der Waals surface area contributed by atoms with Crippen LogP contribution >= 0.6 is 23.2 Å². The number of hydrogen-bond acceptors (Lipinski definition) is 4. The van der Waals surface area contributed by atoms with E-state index in [1.165, 1.54) is 0 Å². The minimum absolute atomic E-state index is 0.273. The third-order valence-corrected chi connectivity index (χ3v) is 3.03. The number of rotatable bonds is 4. The van der Waals surface area contributed by atoms with Gasteiger partial charge in [-0.1, -0.05) is 23.2 Å². The Bertz CT molecular complexity index is 610. The summed E-state index contributed by atoms with van der Waals surface area (Å²) >= 11 is 11.9. The number of aromatic nitrogens is 2. The molecule has 0 unspecified atom stereocenters. The van der Waals surface area contributed by atoms with E-state index in [2.05, 4.69) is 9.97 Å². The van der Waals surface area contributed by atoms with Crippen LogP contribution in [0.3, 0.4) is 0 Å². The Morgan fingerprint density at radius 1 is 1.05 bits per heavy atom. The smallest absolute Gasteiger partial charge is 0.224 e. The fraction of sp³-hybridized carbons (Fsp3) is 0.286. The molecule has 0 saturated heterocycles. The van der Waals surface area contributed by atoms with E-state index in [1.807, 2.05) is 26.0 Å². The first-order valence-electron chi connectivity index (χ1n) is 5.96. The number of nitrogens with zero attached hydrogens (tertiary/aromatic N) is 2. The Labute approximate surface area is 127 Å². The number of ether oxygens (including phenoxy) is 2. The lowest BCUT2D eigenvalue weighted by molar-refractivity contribution is 0.177. The van der Waals surface area contributed by atoms with Gasteiger partial charge in [-0.05, 0) is 37.1 Å². The Morgan fingerprint density at radius 3 is 2.30 bits per heavy atom. The van der Waals surface area contributed by atoms with Gasteiger partial charge >= 0.3 is 0 Å². The van der Waals surface area contributed by atoms with Crippen molar-refractivity contribution in [2.45, 2.75) is 20.5 Å². The lowest BCUT2D eigenvalue weighted by Gasteiger charge is -2.12. The molecule has 0 amide bonds. The average Bonchev–Trinajstić information content (AvgIpc) is 2.33. The van der Waals surface area contributed by atoms with Gasteiger partial charge in [-0.15, -0.1) is 0 Å². The number of hydrogen-bond donors (Lipinski definition) is 0. The fourth-order valence-corrected chi connectivity index (χ4v) is 2.37. The molecule has 20 heavy (non-hydrogen) atoms. The molecule has 106 valence electrons. The van der Waals surface area contributed by atoms with Gasteiger partial charge in [0.2, 0.25) is 5.88 Å². The van der Waals surface area contributed by atoms with E-state index in [4.69, 9.17) is 32.7 Å². The first-order valence-corrected chi connectivity index (χ1v) is 6.72. The summed E-state index contributed by atoms with van der Waals surface area (Å²) in [5, 5.41) is 0.986. The topological polar surface area (TPSA) is 44.2 Å². The zero-order valence-corrected chi connectivity index (χ0v) is 12.9. The summed E-state index contributed by atoms with van der Waals surface area (Å²) in [6.45, 7) is 4.12.